The van der Waals surface area contributed by atoms with E-state index in [4.69, 9.17) is 10.8 Å². The van der Waals surface area contributed by atoms with Crippen LogP contribution in [0.1, 0.15) is 22.3 Å². The van der Waals surface area contributed by atoms with E-state index in [1.54, 1.807) is 0 Å². The van der Waals surface area contributed by atoms with E-state index < -0.39 is 40.1 Å². The molecule has 0 fully saturated rings. The Bertz CT molecular complexity index is 1220. The third-order valence-electron chi connectivity index (χ3n) is 4.68. The van der Waals surface area contributed by atoms with Gasteiger partial charge < -0.3 is 25.8 Å². The topological polar surface area (TPSA) is 118 Å². The number of carboxylic acid groups (broad SMARTS) is 1. The minimum absolute atomic E-state index is 0.00247. The molecule has 0 spiro atoms. The van der Waals surface area contributed by atoms with E-state index in [0.717, 1.165) is 22.9 Å². The van der Waals surface area contributed by atoms with Crippen molar-refractivity contribution in [3.8, 4) is 5.69 Å². The molecule has 0 radical (unpaired) electrons. The Labute approximate surface area is 168 Å². The van der Waals surface area contributed by atoms with Crippen molar-refractivity contribution in [2.45, 2.75) is 13.3 Å². The maximum absolute atomic E-state index is 14.7. The quantitative estimate of drug-likeness (QED) is 0.359. The molecule has 3 aromatic rings. The number of nitrogens with two attached hydrogens (primary N) is 1. The number of fused-ring (bicyclic) bond motifs is 1. The van der Waals surface area contributed by atoms with E-state index in [-0.39, 0.29) is 41.0 Å². The van der Waals surface area contributed by atoms with Crippen molar-refractivity contribution in [2.75, 3.05) is 24.2 Å². The Morgan fingerprint density at radius 3 is 2.50 bits per heavy atom. The van der Waals surface area contributed by atoms with Gasteiger partial charge in [0.25, 0.3) is 0 Å². The molecule has 0 saturated heterocycles. The summed E-state index contributed by atoms with van der Waals surface area (Å²) in [6.07, 6.45) is 1.22. The third-order valence-corrected chi connectivity index (χ3v) is 4.68. The van der Waals surface area contributed by atoms with Gasteiger partial charge in [0.15, 0.2) is 0 Å². The fourth-order valence-corrected chi connectivity index (χ4v) is 3.24. The fraction of sp³-hybridized carbons (Fsp3) is 0.200. The molecule has 10 heteroatoms. The second-order valence-corrected chi connectivity index (χ2v) is 6.63. The molecule has 3 rings (SSSR count). The number of aromatic nitrogens is 1. The first-order valence-electron chi connectivity index (χ1n) is 8.88. The second-order valence-electron chi connectivity index (χ2n) is 6.63. The number of aryl methyl sites for hydroxylation is 1. The Morgan fingerprint density at radius 1 is 1.17 bits per heavy atom. The Morgan fingerprint density at radius 2 is 1.87 bits per heavy atom. The third kappa shape index (κ3) is 3.57. The summed E-state index contributed by atoms with van der Waals surface area (Å²) in [7, 11) is 0. The number of aliphatic hydroxyl groups is 1. The van der Waals surface area contributed by atoms with Gasteiger partial charge in [-0.05, 0) is 31.0 Å². The highest BCUT2D eigenvalue weighted by atomic mass is 19.1. The predicted octanol–water partition coefficient (Wildman–Crippen LogP) is 2.79. The van der Waals surface area contributed by atoms with Crippen molar-refractivity contribution in [2.24, 2.45) is 0 Å². The lowest BCUT2D eigenvalue weighted by atomic mass is 10.0. The average Bonchev–Trinajstić information content (AvgIpc) is 2.68. The highest BCUT2D eigenvalue weighted by molar-refractivity contribution is 5.96. The van der Waals surface area contributed by atoms with Crippen molar-refractivity contribution in [1.29, 1.82) is 0 Å². The van der Waals surface area contributed by atoms with Gasteiger partial charge in [0.05, 0.1) is 28.0 Å². The van der Waals surface area contributed by atoms with Gasteiger partial charge in [0.1, 0.15) is 23.0 Å². The molecule has 0 unspecified atom stereocenters. The van der Waals surface area contributed by atoms with Gasteiger partial charge in [-0.2, -0.15) is 0 Å². The Balaban J connectivity index is 2.44. The number of anilines is 2. The molecule has 0 aliphatic heterocycles. The molecule has 0 bridgehead atoms. The summed E-state index contributed by atoms with van der Waals surface area (Å²) in [5.74, 6) is -4.46. The molecule has 1 aromatic heterocycles. The molecule has 7 nitrogen and oxygen atoms in total. The van der Waals surface area contributed by atoms with Gasteiger partial charge in [-0.25, -0.2) is 18.0 Å². The normalized spacial score (nSPS) is 11.1. The number of nitrogens with one attached hydrogen (secondary N) is 1. The summed E-state index contributed by atoms with van der Waals surface area (Å²) in [5.41, 5.74) is 3.40. The number of pyridine rings is 1. The van der Waals surface area contributed by atoms with Crippen LogP contribution in [0.5, 0.6) is 0 Å². The maximum atomic E-state index is 14.7. The van der Waals surface area contributed by atoms with E-state index >= 15 is 0 Å². The van der Waals surface area contributed by atoms with E-state index in [0.29, 0.717) is 12.5 Å². The van der Waals surface area contributed by atoms with Crippen molar-refractivity contribution in [3.63, 3.8) is 0 Å². The summed E-state index contributed by atoms with van der Waals surface area (Å²) in [6, 6.07) is 2.36. The zero-order chi connectivity index (χ0) is 22.2. The first-order chi connectivity index (χ1) is 14.2. The summed E-state index contributed by atoms with van der Waals surface area (Å²) in [4.78, 5) is 24.2. The highest BCUT2D eigenvalue weighted by Gasteiger charge is 2.22. The molecular formula is C20H18F3N3O4. The zero-order valence-corrected chi connectivity index (χ0v) is 15.8. The van der Waals surface area contributed by atoms with E-state index in [2.05, 4.69) is 5.32 Å². The average molecular weight is 421 g/mol. The minimum Gasteiger partial charge on any atom is -0.477 e. The minimum atomic E-state index is -1.59. The lowest BCUT2D eigenvalue weighted by molar-refractivity contribution is 0.0695. The lowest BCUT2D eigenvalue weighted by Gasteiger charge is -2.19. The van der Waals surface area contributed by atoms with Crippen LogP contribution in [0.25, 0.3) is 16.6 Å². The van der Waals surface area contributed by atoms with E-state index in [9.17, 15) is 27.9 Å². The number of carbonyl (C=O) groups is 1. The number of halogens is 3. The number of hydrogen-bond donors (Lipinski definition) is 4. The summed E-state index contributed by atoms with van der Waals surface area (Å²) >= 11 is 0. The number of hydrogen-bond acceptors (Lipinski definition) is 5. The number of rotatable bonds is 6. The number of benzene rings is 2. The van der Waals surface area contributed by atoms with Crippen LogP contribution >= 0.6 is 0 Å². The molecule has 0 saturated carbocycles. The van der Waals surface area contributed by atoms with Crippen molar-refractivity contribution in [3.05, 3.63) is 63.2 Å². The SMILES string of the molecule is Cc1c(NCCCO)c(F)cc2c(=O)c(C(=O)O)cn(-c3cc(N)c(F)cc3F)c12. The molecular weight excluding hydrogens is 403 g/mol. The molecule has 0 atom stereocenters. The molecule has 0 aliphatic rings. The Hall–Kier alpha value is -3.53. The summed E-state index contributed by atoms with van der Waals surface area (Å²) < 4.78 is 43.9. The number of aromatic carboxylic acids is 1. The van der Waals surface area contributed by atoms with Crippen LogP contribution in [-0.2, 0) is 0 Å². The van der Waals surface area contributed by atoms with Crippen molar-refractivity contribution < 1.29 is 28.2 Å². The number of nitrogens with zero attached hydrogens (tertiary/aromatic N) is 1. The van der Waals surface area contributed by atoms with E-state index in [1.165, 1.54) is 6.92 Å². The first-order valence-corrected chi connectivity index (χ1v) is 8.88. The molecule has 1 heterocycles. The van der Waals surface area contributed by atoms with Gasteiger partial charge >= 0.3 is 5.97 Å². The first kappa shape index (κ1) is 21.2. The second kappa shape index (κ2) is 8.07. The van der Waals surface area contributed by atoms with E-state index in [1.807, 2.05) is 0 Å². The summed E-state index contributed by atoms with van der Waals surface area (Å²) in [6.45, 7) is 1.55. The standard InChI is InChI=1S/C20H18F3N3O4/c1-9-17(25-3-2-4-27)14(23)5-10-18(9)26(8-11(19(10)28)20(29)30)16-7-15(24)12(21)6-13(16)22/h5-8,25,27H,2-4,24H2,1H3,(H,29,30). The van der Waals surface area contributed by atoms with Gasteiger partial charge in [0, 0.05) is 25.4 Å². The number of carboxylic acids is 1. The predicted molar refractivity (Wildman–Crippen MR) is 106 cm³/mol. The maximum Gasteiger partial charge on any atom is 0.341 e. The van der Waals surface area contributed by atoms with Crippen LogP contribution in [0.15, 0.2) is 29.2 Å². The molecule has 5 N–H and O–H groups in total. The van der Waals surface area contributed by atoms with Crippen LogP contribution in [0.2, 0.25) is 0 Å². The van der Waals surface area contributed by atoms with Crippen LogP contribution < -0.4 is 16.5 Å². The zero-order valence-electron chi connectivity index (χ0n) is 15.8. The fourth-order valence-electron chi connectivity index (χ4n) is 3.24. The molecule has 30 heavy (non-hydrogen) atoms. The van der Waals surface area contributed by atoms with Crippen LogP contribution in [0, 0.1) is 24.4 Å². The van der Waals surface area contributed by atoms with Crippen LogP contribution in [0.4, 0.5) is 24.5 Å². The molecule has 158 valence electrons. The monoisotopic (exact) mass is 421 g/mol. The summed E-state index contributed by atoms with van der Waals surface area (Å²) in [5, 5.41) is 20.8. The van der Waals surface area contributed by atoms with Gasteiger partial charge in [-0.1, -0.05) is 0 Å². The molecule has 0 amide bonds. The molecule has 0 aliphatic carbocycles. The smallest absolute Gasteiger partial charge is 0.341 e. The van der Waals surface area contributed by atoms with Gasteiger partial charge in [0.2, 0.25) is 5.43 Å². The molecule has 2 aromatic carbocycles. The van der Waals surface area contributed by atoms with Gasteiger partial charge in [-0.15, -0.1) is 0 Å². The Kier molecular flexibility index (Phi) is 5.70. The van der Waals surface area contributed by atoms with Crippen LogP contribution in [0.3, 0.4) is 0 Å². The van der Waals surface area contributed by atoms with Crippen molar-refractivity contribution >= 4 is 28.2 Å². The van der Waals surface area contributed by atoms with Crippen molar-refractivity contribution in [1.82, 2.24) is 4.57 Å². The largest absolute Gasteiger partial charge is 0.477 e. The number of nitrogen functional groups attached to an aromatic ring is 1. The van der Waals surface area contributed by atoms with Gasteiger partial charge in [-0.3, -0.25) is 4.79 Å². The number of aliphatic hydroxyl groups excluding tert-OH is 1. The highest BCUT2D eigenvalue weighted by Crippen LogP contribution is 2.31. The van der Waals surface area contributed by atoms with Crippen LogP contribution in [-0.4, -0.2) is 33.9 Å². The lowest BCUT2D eigenvalue weighted by Crippen LogP contribution is -2.20.